The Kier molecular flexibility index (Phi) is 6.06. The van der Waals surface area contributed by atoms with Crippen LogP contribution in [0.3, 0.4) is 0 Å². The number of carbonyl (C=O) groups is 2. The molecule has 2 amide bonds. The Morgan fingerprint density at radius 1 is 1.04 bits per heavy atom. The first-order chi connectivity index (χ1) is 13.0. The quantitative estimate of drug-likeness (QED) is 0.827. The van der Waals surface area contributed by atoms with Crippen molar-refractivity contribution >= 4 is 23.3 Å². The minimum atomic E-state index is -0.264. The number of pyridine rings is 1. The monoisotopic (exact) mass is 366 g/mol. The van der Waals surface area contributed by atoms with Gasteiger partial charge in [-0.15, -0.1) is 0 Å². The molecule has 1 fully saturated rings. The Hall–Kier alpha value is -2.89. The van der Waals surface area contributed by atoms with Crippen LogP contribution in [0.25, 0.3) is 0 Å². The number of carbonyl (C=O) groups excluding carboxylic acids is 2. The van der Waals surface area contributed by atoms with Gasteiger partial charge in [-0.2, -0.15) is 0 Å². The Morgan fingerprint density at radius 2 is 1.74 bits per heavy atom. The van der Waals surface area contributed by atoms with Gasteiger partial charge in [0.25, 0.3) is 0 Å². The summed E-state index contributed by atoms with van der Waals surface area (Å²) in [6.07, 6.45) is 1.64. The van der Waals surface area contributed by atoms with E-state index in [1.807, 2.05) is 42.5 Å². The van der Waals surface area contributed by atoms with Crippen molar-refractivity contribution in [3.8, 4) is 0 Å². The van der Waals surface area contributed by atoms with Gasteiger partial charge in [0.05, 0.1) is 0 Å². The lowest BCUT2D eigenvalue weighted by Gasteiger charge is -2.35. The van der Waals surface area contributed by atoms with E-state index in [0.29, 0.717) is 19.0 Å². The average molecular weight is 366 g/mol. The van der Waals surface area contributed by atoms with Crippen LogP contribution >= 0.6 is 0 Å². The van der Waals surface area contributed by atoms with Crippen LogP contribution in [-0.2, 0) is 9.59 Å². The second kappa shape index (κ2) is 8.66. The molecule has 0 atom stereocenters. The Labute approximate surface area is 160 Å². The number of para-hydroxylation sites is 1. The third kappa shape index (κ3) is 4.84. The van der Waals surface area contributed by atoms with Gasteiger partial charge in [0.15, 0.2) is 0 Å². The number of hydrogen-bond donors (Lipinski definition) is 1. The summed E-state index contributed by atoms with van der Waals surface area (Å²) >= 11 is 0. The first-order valence-corrected chi connectivity index (χ1v) is 9.37. The number of benzene rings is 1. The molecule has 1 aromatic carbocycles. The summed E-state index contributed by atoms with van der Waals surface area (Å²) in [5, 5.41) is 2.89. The standard InChI is InChI=1S/C21H26N4O2/c1-16(2)17-7-3-4-8-18(17)23-20(26)15-21(27)25-13-11-24(12-14-25)19-9-5-6-10-22-19/h3-10,16H,11-15H2,1-2H3,(H,23,26). The van der Waals surface area contributed by atoms with Crippen molar-refractivity contribution in [2.45, 2.75) is 26.2 Å². The molecule has 1 N–H and O–H groups in total. The molecule has 0 saturated carbocycles. The molecule has 1 aromatic heterocycles. The van der Waals surface area contributed by atoms with Gasteiger partial charge < -0.3 is 15.1 Å². The first-order valence-electron chi connectivity index (χ1n) is 9.37. The fourth-order valence-electron chi connectivity index (χ4n) is 3.28. The molecule has 1 aliphatic rings. The molecule has 0 unspecified atom stereocenters. The van der Waals surface area contributed by atoms with E-state index < -0.39 is 0 Å². The summed E-state index contributed by atoms with van der Waals surface area (Å²) in [7, 11) is 0. The van der Waals surface area contributed by atoms with Crippen molar-refractivity contribution in [1.29, 1.82) is 0 Å². The lowest BCUT2D eigenvalue weighted by atomic mass is 10.0. The van der Waals surface area contributed by atoms with Gasteiger partial charge in [-0.3, -0.25) is 9.59 Å². The normalized spacial score (nSPS) is 14.3. The lowest BCUT2D eigenvalue weighted by molar-refractivity contribution is -0.134. The molecule has 142 valence electrons. The molecule has 27 heavy (non-hydrogen) atoms. The maximum Gasteiger partial charge on any atom is 0.233 e. The average Bonchev–Trinajstić information content (AvgIpc) is 2.69. The van der Waals surface area contributed by atoms with Gasteiger partial charge in [-0.05, 0) is 29.7 Å². The molecule has 3 rings (SSSR count). The zero-order chi connectivity index (χ0) is 19.2. The van der Waals surface area contributed by atoms with Crippen LogP contribution in [0.1, 0.15) is 31.7 Å². The van der Waals surface area contributed by atoms with E-state index in [4.69, 9.17) is 0 Å². The molecule has 0 spiro atoms. The number of amides is 2. The summed E-state index contributed by atoms with van der Waals surface area (Å²) < 4.78 is 0. The minimum absolute atomic E-state index is 0.129. The van der Waals surface area contributed by atoms with Crippen molar-refractivity contribution < 1.29 is 9.59 Å². The highest BCUT2D eigenvalue weighted by Crippen LogP contribution is 2.23. The number of nitrogens with zero attached hydrogens (tertiary/aromatic N) is 3. The van der Waals surface area contributed by atoms with Crippen LogP contribution in [0.4, 0.5) is 11.5 Å². The van der Waals surface area contributed by atoms with Crippen LogP contribution in [0.5, 0.6) is 0 Å². The van der Waals surface area contributed by atoms with Crippen LogP contribution in [0.15, 0.2) is 48.7 Å². The predicted molar refractivity (Wildman–Crippen MR) is 107 cm³/mol. The maximum absolute atomic E-state index is 12.5. The molecule has 1 saturated heterocycles. The van der Waals surface area contributed by atoms with E-state index in [-0.39, 0.29) is 18.2 Å². The molecule has 2 aromatic rings. The zero-order valence-corrected chi connectivity index (χ0v) is 15.9. The summed E-state index contributed by atoms with van der Waals surface area (Å²) in [6, 6.07) is 13.5. The van der Waals surface area contributed by atoms with Gasteiger partial charge in [-0.25, -0.2) is 4.98 Å². The van der Waals surface area contributed by atoms with Gasteiger partial charge in [0.2, 0.25) is 11.8 Å². The van der Waals surface area contributed by atoms with E-state index in [1.54, 1.807) is 11.1 Å². The number of nitrogens with one attached hydrogen (secondary N) is 1. The van der Waals surface area contributed by atoms with Crippen molar-refractivity contribution in [3.05, 3.63) is 54.2 Å². The molecule has 6 nitrogen and oxygen atoms in total. The van der Waals surface area contributed by atoms with Crippen LogP contribution in [0.2, 0.25) is 0 Å². The summed E-state index contributed by atoms with van der Waals surface area (Å²) in [6.45, 7) is 6.81. The van der Waals surface area contributed by atoms with Crippen LogP contribution < -0.4 is 10.2 Å². The van der Waals surface area contributed by atoms with Crippen molar-refractivity contribution in [2.75, 3.05) is 36.4 Å². The molecule has 0 bridgehead atoms. The molecule has 1 aliphatic heterocycles. The van der Waals surface area contributed by atoms with Crippen LogP contribution in [-0.4, -0.2) is 47.9 Å². The van der Waals surface area contributed by atoms with Gasteiger partial charge in [0.1, 0.15) is 12.2 Å². The fourth-order valence-corrected chi connectivity index (χ4v) is 3.28. The maximum atomic E-state index is 12.5. The second-order valence-electron chi connectivity index (χ2n) is 7.02. The van der Waals surface area contributed by atoms with E-state index in [9.17, 15) is 9.59 Å². The largest absolute Gasteiger partial charge is 0.353 e. The van der Waals surface area contributed by atoms with Crippen molar-refractivity contribution in [2.24, 2.45) is 0 Å². The molecule has 2 heterocycles. The SMILES string of the molecule is CC(C)c1ccccc1NC(=O)CC(=O)N1CCN(c2ccccn2)CC1. The van der Waals surface area contributed by atoms with Gasteiger partial charge in [0, 0.05) is 38.1 Å². The predicted octanol–water partition coefficient (Wildman–Crippen LogP) is 2.88. The third-order valence-corrected chi connectivity index (χ3v) is 4.77. The molecule has 0 aliphatic carbocycles. The molecular formula is C21H26N4O2. The Morgan fingerprint density at radius 3 is 2.41 bits per heavy atom. The fraction of sp³-hybridized carbons (Fsp3) is 0.381. The number of aromatic nitrogens is 1. The van der Waals surface area contributed by atoms with E-state index in [1.165, 1.54) is 0 Å². The Bertz CT molecular complexity index is 784. The highest BCUT2D eigenvalue weighted by molar-refractivity contribution is 6.04. The number of piperazine rings is 1. The second-order valence-corrected chi connectivity index (χ2v) is 7.02. The first kappa shape index (κ1) is 18.9. The molecule has 6 heteroatoms. The summed E-state index contributed by atoms with van der Waals surface area (Å²) in [5.74, 6) is 0.833. The molecular weight excluding hydrogens is 340 g/mol. The van der Waals surface area contributed by atoms with E-state index in [2.05, 4.69) is 29.0 Å². The molecule has 0 radical (unpaired) electrons. The van der Waals surface area contributed by atoms with Gasteiger partial charge in [-0.1, -0.05) is 38.1 Å². The van der Waals surface area contributed by atoms with E-state index >= 15 is 0 Å². The van der Waals surface area contributed by atoms with Crippen molar-refractivity contribution in [3.63, 3.8) is 0 Å². The van der Waals surface area contributed by atoms with Crippen molar-refractivity contribution in [1.82, 2.24) is 9.88 Å². The number of anilines is 2. The highest BCUT2D eigenvalue weighted by Gasteiger charge is 2.23. The third-order valence-electron chi connectivity index (χ3n) is 4.77. The zero-order valence-electron chi connectivity index (χ0n) is 15.9. The van der Waals surface area contributed by atoms with E-state index in [0.717, 1.165) is 30.2 Å². The number of rotatable bonds is 5. The summed E-state index contributed by atoms with van der Waals surface area (Å²) in [5.41, 5.74) is 1.85. The number of hydrogen-bond acceptors (Lipinski definition) is 4. The lowest BCUT2D eigenvalue weighted by Crippen LogP contribution is -2.49. The van der Waals surface area contributed by atoms with Crippen LogP contribution in [0, 0.1) is 0 Å². The topological polar surface area (TPSA) is 65.5 Å². The van der Waals surface area contributed by atoms with Gasteiger partial charge >= 0.3 is 0 Å². The Balaban J connectivity index is 1.52. The minimum Gasteiger partial charge on any atom is -0.353 e. The smallest absolute Gasteiger partial charge is 0.233 e. The summed E-state index contributed by atoms with van der Waals surface area (Å²) in [4.78, 5) is 33.1. The highest BCUT2D eigenvalue weighted by atomic mass is 16.2.